The highest BCUT2D eigenvalue weighted by molar-refractivity contribution is 7.83. The number of benzene rings is 1. The minimum atomic E-state index is -1.42. The third-order valence-electron chi connectivity index (χ3n) is 3.28. The molecule has 0 radical (unpaired) electrons. The molecule has 1 atom stereocenters. The normalized spacial score (nSPS) is 18.2. The van der Waals surface area contributed by atoms with Crippen LogP contribution in [0.1, 0.15) is 10.5 Å². The van der Waals surface area contributed by atoms with Gasteiger partial charge in [-0.1, -0.05) is 18.2 Å². The van der Waals surface area contributed by atoms with Crippen LogP contribution in [0.3, 0.4) is 0 Å². The van der Waals surface area contributed by atoms with E-state index >= 15 is 0 Å². The van der Waals surface area contributed by atoms with E-state index in [0.29, 0.717) is 31.2 Å². The number of aromatic nitrogens is 1. The number of rotatable bonds is 3. The van der Waals surface area contributed by atoms with E-state index < -0.39 is 16.9 Å². The van der Waals surface area contributed by atoms with Gasteiger partial charge < -0.3 is 15.5 Å². The zero-order valence-corrected chi connectivity index (χ0v) is 11.6. The average molecular weight is 293 g/mol. The zero-order valence-electron chi connectivity index (χ0n) is 10.8. The van der Waals surface area contributed by atoms with Crippen molar-refractivity contribution in [3.05, 3.63) is 30.0 Å². The summed E-state index contributed by atoms with van der Waals surface area (Å²) in [5.41, 5.74) is 6.38. The van der Waals surface area contributed by atoms with Gasteiger partial charge in [0.25, 0.3) is 5.91 Å². The molecular formula is C13H15N3O3S. The van der Waals surface area contributed by atoms with Crippen molar-refractivity contribution in [1.82, 2.24) is 9.29 Å². The van der Waals surface area contributed by atoms with Gasteiger partial charge in [-0.2, -0.15) is 0 Å². The number of primary amides is 1. The molecule has 1 aromatic carbocycles. The predicted octanol–water partition coefficient (Wildman–Crippen LogP) is 0.622. The molecule has 1 aliphatic rings. The molecule has 20 heavy (non-hydrogen) atoms. The second-order valence-electron chi connectivity index (χ2n) is 4.53. The van der Waals surface area contributed by atoms with E-state index in [-0.39, 0.29) is 5.69 Å². The van der Waals surface area contributed by atoms with Gasteiger partial charge in [0, 0.05) is 24.0 Å². The first-order chi connectivity index (χ1) is 9.68. The van der Waals surface area contributed by atoms with Crippen molar-refractivity contribution < 1.29 is 13.7 Å². The Morgan fingerprint density at radius 1 is 1.30 bits per heavy atom. The second-order valence-corrected chi connectivity index (χ2v) is 5.95. The first-order valence-electron chi connectivity index (χ1n) is 6.33. The Morgan fingerprint density at radius 3 is 2.70 bits per heavy atom. The number of nitrogens with two attached hydrogens (primary N) is 1. The van der Waals surface area contributed by atoms with E-state index in [9.17, 15) is 9.00 Å². The van der Waals surface area contributed by atoms with Gasteiger partial charge >= 0.3 is 0 Å². The molecule has 0 saturated carbocycles. The summed E-state index contributed by atoms with van der Waals surface area (Å²) >= 11 is 0. The number of fused-ring (bicyclic) bond motifs is 1. The van der Waals surface area contributed by atoms with Crippen LogP contribution in [0, 0.1) is 0 Å². The summed E-state index contributed by atoms with van der Waals surface area (Å²) in [5, 5.41) is 0.770. The molecule has 2 heterocycles. The molecule has 7 heteroatoms. The fourth-order valence-electron chi connectivity index (χ4n) is 2.31. The van der Waals surface area contributed by atoms with Crippen molar-refractivity contribution in [2.24, 2.45) is 5.73 Å². The molecule has 0 bridgehead atoms. The smallest absolute Gasteiger partial charge is 0.266 e. The molecule has 3 N–H and O–H groups in total. The maximum absolute atomic E-state index is 12.8. The topological polar surface area (TPSA) is 88.4 Å². The lowest BCUT2D eigenvalue weighted by molar-refractivity contribution is 0.0752. The molecule has 1 amide bonds. The van der Waals surface area contributed by atoms with Crippen molar-refractivity contribution in [3.63, 3.8) is 0 Å². The minimum Gasteiger partial charge on any atom is -0.379 e. The lowest BCUT2D eigenvalue weighted by atomic mass is 10.2. The van der Waals surface area contributed by atoms with Crippen LogP contribution in [-0.2, 0) is 15.7 Å². The van der Waals surface area contributed by atoms with E-state index in [4.69, 9.17) is 10.5 Å². The van der Waals surface area contributed by atoms with Crippen molar-refractivity contribution in [2.75, 3.05) is 26.3 Å². The lowest BCUT2D eigenvalue weighted by Gasteiger charge is -2.25. The lowest BCUT2D eigenvalue weighted by Crippen LogP contribution is -2.38. The number of aromatic amines is 1. The Labute approximate surface area is 118 Å². The molecule has 6 nitrogen and oxygen atoms in total. The number of carbonyl (C=O) groups excluding carboxylic acids is 1. The molecule has 1 fully saturated rings. The van der Waals surface area contributed by atoms with E-state index in [2.05, 4.69) is 4.98 Å². The highest BCUT2D eigenvalue weighted by atomic mass is 32.2. The number of nitrogens with zero attached hydrogens (tertiary/aromatic N) is 1. The molecule has 0 aliphatic carbocycles. The fourth-order valence-corrected chi connectivity index (χ4v) is 3.74. The van der Waals surface area contributed by atoms with Crippen molar-refractivity contribution in [1.29, 1.82) is 0 Å². The van der Waals surface area contributed by atoms with Crippen LogP contribution >= 0.6 is 0 Å². The largest absolute Gasteiger partial charge is 0.379 e. The monoisotopic (exact) mass is 293 g/mol. The Hall–Kier alpha value is -1.70. The molecule has 3 rings (SSSR count). The van der Waals surface area contributed by atoms with Crippen LogP contribution < -0.4 is 5.73 Å². The Kier molecular flexibility index (Phi) is 3.56. The van der Waals surface area contributed by atoms with Gasteiger partial charge in [-0.05, 0) is 6.07 Å². The molecule has 1 aromatic heterocycles. The number of hydrogen-bond donors (Lipinski definition) is 2. The van der Waals surface area contributed by atoms with Crippen LogP contribution in [0.4, 0.5) is 0 Å². The van der Waals surface area contributed by atoms with Crippen molar-refractivity contribution in [3.8, 4) is 0 Å². The van der Waals surface area contributed by atoms with Gasteiger partial charge in [-0.25, -0.2) is 8.51 Å². The number of nitrogens with one attached hydrogen (secondary N) is 1. The van der Waals surface area contributed by atoms with Gasteiger partial charge in [0.2, 0.25) is 0 Å². The third-order valence-corrected chi connectivity index (χ3v) is 4.89. The third kappa shape index (κ3) is 2.24. The minimum absolute atomic E-state index is 0.219. The van der Waals surface area contributed by atoms with Gasteiger partial charge in [0.1, 0.15) is 16.7 Å². The van der Waals surface area contributed by atoms with Crippen LogP contribution in [-0.4, -0.2) is 45.7 Å². The number of carbonyl (C=O) groups is 1. The Bertz CT molecular complexity index is 677. The maximum atomic E-state index is 12.8. The average Bonchev–Trinajstić information content (AvgIpc) is 2.87. The number of amides is 1. The molecule has 2 aromatic rings. The standard InChI is InChI=1S/C13H15N3O3S/c14-13(17)11-12(9-3-1-2-4-10(9)15-11)20(18)16-5-7-19-8-6-16/h1-4,15H,5-8H2,(H2,14,17). The quantitative estimate of drug-likeness (QED) is 0.869. The fraction of sp³-hybridized carbons (Fsp3) is 0.308. The van der Waals surface area contributed by atoms with E-state index in [1.807, 2.05) is 24.3 Å². The van der Waals surface area contributed by atoms with E-state index in [1.165, 1.54) is 0 Å². The molecule has 1 aliphatic heterocycles. The molecular weight excluding hydrogens is 278 g/mol. The number of ether oxygens (including phenoxy) is 1. The summed E-state index contributed by atoms with van der Waals surface area (Å²) in [6, 6.07) is 7.37. The molecule has 1 saturated heterocycles. The molecule has 0 spiro atoms. The summed E-state index contributed by atoms with van der Waals surface area (Å²) in [5.74, 6) is -0.599. The highest BCUT2D eigenvalue weighted by Crippen LogP contribution is 2.27. The van der Waals surface area contributed by atoms with E-state index in [1.54, 1.807) is 4.31 Å². The number of para-hydroxylation sites is 1. The number of H-pyrrole nitrogens is 1. The summed E-state index contributed by atoms with van der Waals surface area (Å²) in [6.07, 6.45) is 0. The maximum Gasteiger partial charge on any atom is 0.266 e. The Morgan fingerprint density at radius 2 is 2.00 bits per heavy atom. The van der Waals surface area contributed by atoms with Crippen molar-refractivity contribution >= 4 is 27.8 Å². The van der Waals surface area contributed by atoms with Crippen LogP contribution in [0.2, 0.25) is 0 Å². The Balaban J connectivity index is 2.10. The van der Waals surface area contributed by atoms with Crippen LogP contribution in [0.15, 0.2) is 29.2 Å². The number of morpholine rings is 1. The highest BCUT2D eigenvalue weighted by Gasteiger charge is 2.26. The van der Waals surface area contributed by atoms with Gasteiger partial charge in [0.15, 0.2) is 0 Å². The first kappa shape index (κ1) is 13.3. The van der Waals surface area contributed by atoms with Gasteiger partial charge in [-0.15, -0.1) is 0 Å². The number of hydrogen-bond acceptors (Lipinski definition) is 3. The molecule has 1 unspecified atom stereocenters. The van der Waals surface area contributed by atoms with E-state index in [0.717, 1.165) is 10.9 Å². The van der Waals surface area contributed by atoms with Crippen molar-refractivity contribution in [2.45, 2.75) is 4.90 Å². The summed E-state index contributed by atoms with van der Waals surface area (Å²) < 4.78 is 19.8. The first-order valence-corrected chi connectivity index (χ1v) is 7.44. The second kappa shape index (κ2) is 5.35. The van der Waals surface area contributed by atoms with Crippen LogP contribution in [0.5, 0.6) is 0 Å². The van der Waals surface area contributed by atoms with Gasteiger partial charge in [0.05, 0.1) is 18.1 Å². The molecule has 106 valence electrons. The predicted molar refractivity (Wildman–Crippen MR) is 75.6 cm³/mol. The summed E-state index contributed by atoms with van der Waals surface area (Å²) in [4.78, 5) is 15.0. The zero-order chi connectivity index (χ0) is 14.1. The summed E-state index contributed by atoms with van der Waals surface area (Å²) in [7, 11) is -1.42. The SMILES string of the molecule is NC(=O)c1[nH]c2ccccc2c1S(=O)N1CCOCC1. The summed E-state index contributed by atoms with van der Waals surface area (Å²) in [6.45, 7) is 2.23. The van der Waals surface area contributed by atoms with Crippen LogP contribution in [0.25, 0.3) is 10.9 Å². The van der Waals surface area contributed by atoms with Gasteiger partial charge in [-0.3, -0.25) is 4.79 Å².